The molecule has 2 N–H and O–H groups in total. The molecule has 1 aromatic rings. The van der Waals surface area contributed by atoms with Gasteiger partial charge in [-0.2, -0.15) is 5.10 Å². The average Bonchev–Trinajstić information content (AvgIpc) is 3.30. The maximum absolute atomic E-state index is 4.51. The van der Waals surface area contributed by atoms with Crippen LogP contribution in [0, 0.1) is 12.8 Å². The number of aryl methyl sites for hydroxylation is 2. The summed E-state index contributed by atoms with van der Waals surface area (Å²) in [7, 11) is 1.87. The highest BCUT2D eigenvalue weighted by Crippen LogP contribution is 2.27. The summed E-state index contributed by atoms with van der Waals surface area (Å²) in [5, 5.41) is 11.7. The molecular formula is C21H38IN7. The van der Waals surface area contributed by atoms with E-state index in [0.29, 0.717) is 12.1 Å². The zero-order chi connectivity index (χ0) is 19.3. The van der Waals surface area contributed by atoms with Crippen molar-refractivity contribution in [2.75, 3.05) is 26.7 Å². The van der Waals surface area contributed by atoms with Gasteiger partial charge in [-0.3, -0.25) is 9.89 Å². The van der Waals surface area contributed by atoms with Crippen molar-refractivity contribution in [3.05, 3.63) is 11.6 Å². The van der Waals surface area contributed by atoms with Gasteiger partial charge in [-0.25, -0.2) is 9.67 Å². The number of hydrogen-bond donors (Lipinski definition) is 2. The fourth-order valence-electron chi connectivity index (χ4n) is 5.22. The fraction of sp³-hybridized carbons (Fsp3) is 0.857. The number of nitrogens with one attached hydrogen (secondary N) is 2. The number of nitrogens with zero attached hydrogens (tertiary/aromatic N) is 5. The van der Waals surface area contributed by atoms with Crippen molar-refractivity contribution in [2.45, 2.75) is 83.3 Å². The molecule has 1 aliphatic carbocycles. The van der Waals surface area contributed by atoms with E-state index >= 15 is 0 Å². The molecule has 7 nitrogen and oxygen atoms in total. The number of hydrogen-bond acceptors (Lipinski definition) is 4. The number of rotatable bonds is 5. The molecule has 0 spiro atoms. The average molecular weight is 515 g/mol. The number of halogens is 1. The number of aromatic nitrogens is 3. The third-order valence-electron chi connectivity index (χ3n) is 6.75. The molecule has 2 unspecified atom stereocenters. The van der Waals surface area contributed by atoms with Crippen LogP contribution in [0.15, 0.2) is 4.99 Å². The Kier molecular flexibility index (Phi) is 8.58. The third-order valence-corrected chi connectivity index (χ3v) is 6.75. The highest BCUT2D eigenvalue weighted by molar-refractivity contribution is 14.0. The largest absolute Gasteiger partial charge is 0.355 e. The van der Waals surface area contributed by atoms with Crippen molar-refractivity contribution in [2.24, 2.45) is 10.9 Å². The van der Waals surface area contributed by atoms with Gasteiger partial charge >= 0.3 is 0 Å². The summed E-state index contributed by atoms with van der Waals surface area (Å²) in [4.78, 5) is 11.7. The maximum Gasteiger partial charge on any atom is 0.191 e. The Morgan fingerprint density at radius 1 is 1.14 bits per heavy atom. The molecule has 29 heavy (non-hydrogen) atoms. The lowest BCUT2D eigenvalue weighted by molar-refractivity contribution is 0.187. The van der Waals surface area contributed by atoms with E-state index in [-0.39, 0.29) is 24.0 Å². The van der Waals surface area contributed by atoms with Crippen LogP contribution in [0.2, 0.25) is 0 Å². The molecule has 2 aliphatic heterocycles. The Hall–Kier alpha value is -0.900. The van der Waals surface area contributed by atoms with Crippen LogP contribution in [0.3, 0.4) is 0 Å². The first kappa shape index (κ1) is 22.8. The van der Waals surface area contributed by atoms with Crippen molar-refractivity contribution >= 4 is 29.9 Å². The maximum atomic E-state index is 4.51. The topological polar surface area (TPSA) is 70.4 Å². The van der Waals surface area contributed by atoms with E-state index in [0.717, 1.165) is 49.5 Å². The predicted octanol–water partition coefficient (Wildman–Crippen LogP) is 2.73. The smallest absolute Gasteiger partial charge is 0.191 e. The van der Waals surface area contributed by atoms with E-state index < -0.39 is 0 Å². The molecule has 1 saturated carbocycles. The zero-order valence-corrected chi connectivity index (χ0v) is 20.4. The molecule has 3 aliphatic rings. The van der Waals surface area contributed by atoms with Gasteiger partial charge in [0, 0.05) is 38.6 Å². The molecule has 1 aromatic heterocycles. The van der Waals surface area contributed by atoms with Gasteiger partial charge in [0.15, 0.2) is 5.96 Å². The molecule has 0 radical (unpaired) electrons. The van der Waals surface area contributed by atoms with Gasteiger partial charge in [0.1, 0.15) is 11.6 Å². The van der Waals surface area contributed by atoms with Gasteiger partial charge in [-0.1, -0.05) is 19.3 Å². The summed E-state index contributed by atoms with van der Waals surface area (Å²) in [6, 6.07) is 1.01. The van der Waals surface area contributed by atoms with Crippen molar-refractivity contribution in [1.29, 1.82) is 0 Å². The van der Waals surface area contributed by atoms with Crippen molar-refractivity contribution in [3.8, 4) is 0 Å². The van der Waals surface area contributed by atoms with Crippen LogP contribution in [0.5, 0.6) is 0 Å². The molecule has 0 aromatic carbocycles. The van der Waals surface area contributed by atoms with Crippen LogP contribution in [0.4, 0.5) is 0 Å². The van der Waals surface area contributed by atoms with Gasteiger partial charge in [0.2, 0.25) is 0 Å². The lowest BCUT2D eigenvalue weighted by atomic mass is 9.89. The Bertz CT molecular complexity index is 668. The number of likely N-dealkylation sites (tertiary alicyclic amines) is 1. The van der Waals surface area contributed by atoms with Crippen LogP contribution in [0.25, 0.3) is 0 Å². The first-order valence-electron chi connectivity index (χ1n) is 11.3. The summed E-state index contributed by atoms with van der Waals surface area (Å²) in [5.41, 5.74) is 0. The summed E-state index contributed by atoms with van der Waals surface area (Å²) >= 11 is 0. The second-order valence-corrected chi connectivity index (χ2v) is 8.89. The Labute approximate surface area is 192 Å². The lowest BCUT2D eigenvalue weighted by Gasteiger charge is -2.31. The normalized spacial score (nSPS) is 26.1. The molecule has 0 bridgehead atoms. The molecule has 2 fully saturated rings. The van der Waals surface area contributed by atoms with E-state index in [9.17, 15) is 0 Å². The van der Waals surface area contributed by atoms with Crippen LogP contribution < -0.4 is 10.6 Å². The molecule has 2 atom stereocenters. The van der Waals surface area contributed by atoms with Gasteiger partial charge < -0.3 is 10.6 Å². The SMILES string of the molecule is CN=C(NCC1CCCN1CC1CCCCC1)NC1CCc2nc(C)nn2C1.I. The van der Waals surface area contributed by atoms with Crippen LogP contribution >= 0.6 is 24.0 Å². The molecular weight excluding hydrogens is 477 g/mol. The summed E-state index contributed by atoms with van der Waals surface area (Å²) in [5.74, 6) is 3.84. The summed E-state index contributed by atoms with van der Waals surface area (Å²) < 4.78 is 2.05. The van der Waals surface area contributed by atoms with Gasteiger partial charge in [-0.05, 0) is 51.5 Å². The quantitative estimate of drug-likeness (QED) is 0.359. The highest BCUT2D eigenvalue weighted by atomic mass is 127. The van der Waals surface area contributed by atoms with E-state index in [1.807, 2.05) is 18.7 Å². The van der Waals surface area contributed by atoms with Crippen molar-refractivity contribution in [3.63, 3.8) is 0 Å². The monoisotopic (exact) mass is 515 g/mol. The first-order valence-corrected chi connectivity index (χ1v) is 11.3. The van der Waals surface area contributed by atoms with E-state index in [1.54, 1.807) is 0 Å². The number of aliphatic imine (C=N–C) groups is 1. The number of fused-ring (bicyclic) bond motifs is 1. The Morgan fingerprint density at radius 2 is 1.97 bits per heavy atom. The summed E-state index contributed by atoms with van der Waals surface area (Å²) in [6.45, 7) is 6.40. The minimum Gasteiger partial charge on any atom is -0.355 e. The second-order valence-electron chi connectivity index (χ2n) is 8.89. The van der Waals surface area contributed by atoms with Crippen molar-refractivity contribution < 1.29 is 0 Å². The van der Waals surface area contributed by atoms with Crippen molar-refractivity contribution in [1.82, 2.24) is 30.3 Å². The zero-order valence-electron chi connectivity index (χ0n) is 18.1. The minimum atomic E-state index is 0. The Morgan fingerprint density at radius 3 is 2.76 bits per heavy atom. The predicted molar refractivity (Wildman–Crippen MR) is 128 cm³/mol. The third kappa shape index (κ3) is 6.06. The molecule has 8 heteroatoms. The second kappa shape index (κ2) is 10.9. The van der Waals surface area contributed by atoms with Crippen LogP contribution in [-0.2, 0) is 13.0 Å². The molecule has 0 amide bonds. The first-order chi connectivity index (χ1) is 13.7. The molecule has 3 heterocycles. The minimum absolute atomic E-state index is 0. The van der Waals surface area contributed by atoms with E-state index in [4.69, 9.17) is 0 Å². The molecule has 4 rings (SSSR count). The highest BCUT2D eigenvalue weighted by Gasteiger charge is 2.28. The van der Waals surface area contributed by atoms with Gasteiger partial charge in [0.05, 0.1) is 6.54 Å². The van der Waals surface area contributed by atoms with E-state index in [1.165, 1.54) is 58.0 Å². The molecule has 164 valence electrons. The van der Waals surface area contributed by atoms with E-state index in [2.05, 4.69) is 30.6 Å². The van der Waals surface area contributed by atoms with Crippen LogP contribution in [-0.4, -0.2) is 64.4 Å². The fourth-order valence-corrected chi connectivity index (χ4v) is 5.22. The lowest BCUT2D eigenvalue weighted by Crippen LogP contribution is -2.50. The Balaban J connectivity index is 0.00000240. The van der Waals surface area contributed by atoms with Gasteiger partial charge in [0.25, 0.3) is 0 Å². The number of guanidine groups is 1. The standard InChI is InChI=1S/C21H37N7.HI/c1-16-24-20-11-10-18(15-28(20)26-16)25-21(22-2)23-13-19-9-6-12-27(19)14-17-7-4-3-5-8-17;/h17-19H,3-15H2,1-2H3,(H2,22,23,25);1H. The molecule has 1 saturated heterocycles. The van der Waals surface area contributed by atoms with Crippen LogP contribution in [0.1, 0.15) is 63.0 Å². The summed E-state index contributed by atoms with van der Waals surface area (Å²) in [6.07, 6.45) is 11.9. The van der Waals surface area contributed by atoms with Gasteiger partial charge in [-0.15, -0.1) is 24.0 Å².